The average Bonchev–Trinajstić information content (AvgIpc) is 3.24. The van der Waals surface area contributed by atoms with E-state index < -0.39 is 16.1 Å². The number of carbonyl (C=O) groups excluding carboxylic acids is 1. The smallest absolute Gasteiger partial charge is 0.330 e. The molecule has 26 heavy (non-hydrogen) atoms. The summed E-state index contributed by atoms with van der Waals surface area (Å²) in [6, 6.07) is 14.9. The van der Waals surface area contributed by atoms with Gasteiger partial charge in [-0.2, -0.15) is 0 Å². The molecule has 1 aromatic heterocycles. The quantitative estimate of drug-likeness (QED) is 0.524. The van der Waals surface area contributed by atoms with Crippen molar-refractivity contribution in [3.8, 4) is 0 Å². The predicted molar refractivity (Wildman–Crippen MR) is 97.9 cm³/mol. The van der Waals surface area contributed by atoms with Crippen LogP contribution in [0.1, 0.15) is 12.0 Å². The van der Waals surface area contributed by atoms with E-state index in [0.717, 1.165) is 5.39 Å². The standard InChI is InChI=1S/C19H16N2O4S/c22-19-17(10-11-25-19)20-12-14-13-21(18-9-5-4-8-16(14)18)26(23,24)15-6-2-1-3-7-15/h1-9,12-13,17H,10-11H2. The number of ether oxygens (including phenoxy) is 1. The minimum Gasteiger partial charge on any atom is -0.464 e. The van der Waals surface area contributed by atoms with Crippen LogP contribution >= 0.6 is 0 Å². The Morgan fingerprint density at radius 3 is 2.54 bits per heavy atom. The number of hydrogen-bond donors (Lipinski definition) is 0. The number of carbonyl (C=O) groups is 1. The molecule has 1 saturated heterocycles. The molecule has 1 atom stereocenters. The molecule has 0 N–H and O–H groups in total. The topological polar surface area (TPSA) is 77.7 Å². The van der Waals surface area contributed by atoms with Gasteiger partial charge in [0.25, 0.3) is 10.0 Å². The first-order valence-corrected chi connectivity index (χ1v) is 9.62. The number of aromatic nitrogens is 1. The van der Waals surface area contributed by atoms with E-state index in [1.54, 1.807) is 48.7 Å². The van der Waals surface area contributed by atoms with Gasteiger partial charge >= 0.3 is 5.97 Å². The van der Waals surface area contributed by atoms with Gasteiger partial charge in [-0.15, -0.1) is 0 Å². The number of nitrogens with zero attached hydrogens (tertiary/aromatic N) is 2. The summed E-state index contributed by atoms with van der Waals surface area (Å²) in [5.41, 5.74) is 1.20. The minimum atomic E-state index is -3.73. The largest absolute Gasteiger partial charge is 0.464 e. The van der Waals surface area contributed by atoms with E-state index in [-0.39, 0.29) is 10.9 Å². The van der Waals surface area contributed by atoms with E-state index in [4.69, 9.17) is 4.74 Å². The summed E-state index contributed by atoms with van der Waals surface area (Å²) in [5.74, 6) is -0.345. The van der Waals surface area contributed by atoms with Crippen LogP contribution in [0.5, 0.6) is 0 Å². The molecule has 132 valence electrons. The zero-order valence-corrected chi connectivity index (χ0v) is 14.6. The number of fused-ring (bicyclic) bond motifs is 1. The summed E-state index contributed by atoms with van der Waals surface area (Å²) in [5, 5.41) is 0.752. The fourth-order valence-corrected chi connectivity index (χ4v) is 4.37. The number of cyclic esters (lactones) is 1. The van der Waals surface area contributed by atoms with Gasteiger partial charge in [0.05, 0.1) is 17.0 Å². The zero-order chi connectivity index (χ0) is 18.1. The van der Waals surface area contributed by atoms with Crippen LogP contribution < -0.4 is 0 Å². The predicted octanol–water partition coefficient (Wildman–Crippen LogP) is 2.61. The molecule has 2 heterocycles. The third-order valence-corrected chi connectivity index (χ3v) is 6.00. The van der Waals surface area contributed by atoms with Crippen molar-refractivity contribution in [3.63, 3.8) is 0 Å². The van der Waals surface area contributed by atoms with E-state index in [0.29, 0.717) is 24.1 Å². The fraction of sp³-hybridized carbons (Fsp3) is 0.158. The maximum absolute atomic E-state index is 13.0. The molecule has 0 saturated carbocycles. The molecule has 0 radical (unpaired) electrons. The van der Waals surface area contributed by atoms with Gasteiger partial charge in [-0.25, -0.2) is 17.2 Å². The average molecular weight is 368 g/mol. The summed E-state index contributed by atoms with van der Waals surface area (Å²) in [6.45, 7) is 0.366. The van der Waals surface area contributed by atoms with E-state index in [9.17, 15) is 13.2 Å². The van der Waals surface area contributed by atoms with Crippen molar-refractivity contribution in [3.05, 3.63) is 66.4 Å². The second-order valence-corrected chi connectivity index (χ2v) is 7.78. The van der Waals surface area contributed by atoms with Crippen molar-refractivity contribution >= 4 is 33.1 Å². The molecule has 3 aromatic rings. The Morgan fingerprint density at radius 1 is 1.08 bits per heavy atom. The first-order chi connectivity index (χ1) is 12.6. The molecule has 0 aliphatic carbocycles. The van der Waals surface area contributed by atoms with Gasteiger partial charge in [0.2, 0.25) is 0 Å². The first-order valence-electron chi connectivity index (χ1n) is 8.18. The molecular formula is C19H16N2O4S. The number of para-hydroxylation sites is 1. The summed E-state index contributed by atoms with van der Waals surface area (Å²) in [4.78, 5) is 16.1. The number of aliphatic imine (C=N–C) groups is 1. The molecule has 1 unspecified atom stereocenters. The second kappa shape index (κ2) is 6.42. The first kappa shape index (κ1) is 16.5. The van der Waals surface area contributed by atoms with Crippen molar-refractivity contribution in [2.75, 3.05) is 6.61 Å². The number of esters is 1. The van der Waals surface area contributed by atoms with Crippen LogP contribution in [0.4, 0.5) is 0 Å². The minimum absolute atomic E-state index is 0.212. The van der Waals surface area contributed by atoms with Crippen LogP contribution in [0.3, 0.4) is 0 Å². The van der Waals surface area contributed by atoms with Crippen LogP contribution in [0.15, 0.2) is 70.7 Å². The highest BCUT2D eigenvalue weighted by Gasteiger charge is 2.25. The highest BCUT2D eigenvalue weighted by atomic mass is 32.2. The maximum Gasteiger partial charge on any atom is 0.330 e. The highest BCUT2D eigenvalue weighted by Crippen LogP contribution is 2.25. The molecule has 2 aromatic carbocycles. The Balaban J connectivity index is 1.82. The fourth-order valence-electron chi connectivity index (χ4n) is 2.97. The monoisotopic (exact) mass is 368 g/mol. The van der Waals surface area contributed by atoms with Gasteiger partial charge in [-0.05, 0) is 18.2 Å². The molecule has 1 aliphatic heterocycles. The molecule has 1 aliphatic rings. The van der Waals surface area contributed by atoms with Crippen molar-refractivity contribution < 1.29 is 17.9 Å². The summed E-state index contributed by atoms with van der Waals surface area (Å²) < 4.78 is 32.2. The molecule has 0 bridgehead atoms. The molecule has 0 spiro atoms. The van der Waals surface area contributed by atoms with Gasteiger partial charge in [0, 0.05) is 29.8 Å². The SMILES string of the molecule is O=C1OCCC1N=Cc1cn(S(=O)(=O)c2ccccc2)c2ccccc12. The Labute approximate surface area is 150 Å². The third-order valence-electron chi connectivity index (χ3n) is 4.31. The lowest BCUT2D eigenvalue weighted by atomic mass is 10.2. The van der Waals surface area contributed by atoms with Gasteiger partial charge < -0.3 is 4.74 Å². The van der Waals surface area contributed by atoms with Crippen LogP contribution in [0.2, 0.25) is 0 Å². The van der Waals surface area contributed by atoms with Crippen molar-refractivity contribution in [1.29, 1.82) is 0 Å². The third kappa shape index (κ3) is 2.80. The van der Waals surface area contributed by atoms with Gasteiger partial charge in [0.15, 0.2) is 6.04 Å². The normalized spacial score (nSPS) is 17.8. The molecule has 1 fully saturated rings. The van der Waals surface area contributed by atoms with Crippen LogP contribution in [0.25, 0.3) is 10.9 Å². The highest BCUT2D eigenvalue weighted by molar-refractivity contribution is 7.90. The van der Waals surface area contributed by atoms with E-state index in [1.807, 2.05) is 12.1 Å². The Kier molecular flexibility index (Phi) is 4.08. The van der Waals surface area contributed by atoms with Crippen molar-refractivity contribution in [2.45, 2.75) is 17.4 Å². The maximum atomic E-state index is 13.0. The lowest BCUT2D eigenvalue weighted by Crippen LogP contribution is -2.12. The summed E-state index contributed by atoms with van der Waals surface area (Å²) >= 11 is 0. The number of hydrogen-bond acceptors (Lipinski definition) is 5. The number of benzene rings is 2. The summed E-state index contributed by atoms with van der Waals surface area (Å²) in [7, 11) is -3.73. The van der Waals surface area contributed by atoms with Gasteiger partial charge in [-0.1, -0.05) is 36.4 Å². The molecule has 7 heteroatoms. The summed E-state index contributed by atoms with van der Waals surface area (Å²) in [6.07, 6.45) is 3.63. The lowest BCUT2D eigenvalue weighted by Gasteiger charge is -2.07. The van der Waals surface area contributed by atoms with Crippen molar-refractivity contribution in [2.24, 2.45) is 4.99 Å². The molecular weight excluding hydrogens is 352 g/mol. The van der Waals surface area contributed by atoms with Gasteiger partial charge in [-0.3, -0.25) is 4.99 Å². The zero-order valence-electron chi connectivity index (χ0n) is 13.8. The molecule has 6 nitrogen and oxygen atoms in total. The lowest BCUT2D eigenvalue weighted by molar-refractivity contribution is -0.138. The number of rotatable bonds is 4. The van der Waals surface area contributed by atoms with E-state index in [1.165, 1.54) is 10.2 Å². The van der Waals surface area contributed by atoms with Crippen LogP contribution in [-0.4, -0.2) is 37.2 Å². The van der Waals surface area contributed by atoms with Crippen LogP contribution in [-0.2, 0) is 19.6 Å². The molecule has 0 amide bonds. The van der Waals surface area contributed by atoms with Crippen LogP contribution in [0, 0.1) is 0 Å². The Bertz CT molecular complexity index is 1100. The second-order valence-electron chi connectivity index (χ2n) is 5.97. The van der Waals surface area contributed by atoms with E-state index >= 15 is 0 Å². The van der Waals surface area contributed by atoms with Crippen molar-refractivity contribution in [1.82, 2.24) is 3.97 Å². The Morgan fingerprint density at radius 2 is 1.81 bits per heavy atom. The van der Waals surface area contributed by atoms with Gasteiger partial charge in [0.1, 0.15) is 0 Å². The Hall–Kier alpha value is -2.93. The molecule has 4 rings (SSSR count). The van der Waals surface area contributed by atoms with E-state index in [2.05, 4.69) is 4.99 Å².